The molecule has 0 aliphatic heterocycles. The van der Waals surface area contributed by atoms with E-state index in [1.54, 1.807) is 28.2 Å². The molecule has 0 saturated heterocycles. The Labute approximate surface area is 158 Å². The first-order valence-electron chi connectivity index (χ1n) is 7.92. The average Bonchev–Trinajstić information content (AvgIpc) is 3.18. The Bertz CT molecular complexity index is 1080. The largest absolute Gasteiger partial charge is 0.281 e. The Morgan fingerprint density at radius 2 is 2.00 bits per heavy atom. The monoisotopic (exact) mass is 386 g/mol. The normalized spacial score (nSPS) is 11.5. The summed E-state index contributed by atoms with van der Waals surface area (Å²) in [6.45, 7) is 1.14. The highest BCUT2D eigenvalue weighted by atomic mass is 32.1. The van der Waals surface area contributed by atoms with Gasteiger partial charge in [0.15, 0.2) is 0 Å². The summed E-state index contributed by atoms with van der Waals surface area (Å²) in [5.74, 6) is -0.341. The molecule has 0 N–H and O–H groups in total. The second-order valence-corrected chi connectivity index (χ2v) is 7.36. The van der Waals surface area contributed by atoms with Crippen molar-refractivity contribution in [1.29, 1.82) is 0 Å². The maximum atomic E-state index is 13.4. The fourth-order valence-electron chi connectivity index (χ4n) is 2.63. The predicted octanol–water partition coefficient (Wildman–Crippen LogP) is 3.64. The second kappa shape index (κ2) is 7.02. The van der Waals surface area contributed by atoms with Crippen molar-refractivity contribution >= 4 is 33.8 Å². The molecule has 0 atom stereocenters. The molecule has 2 aromatic heterocycles. The van der Waals surface area contributed by atoms with Crippen LogP contribution < -0.4 is 0 Å². The minimum atomic E-state index is -0.341. The molecule has 132 valence electrons. The van der Waals surface area contributed by atoms with Crippen molar-refractivity contribution in [2.45, 2.75) is 13.2 Å². The lowest BCUT2D eigenvalue weighted by atomic mass is 10.3. The average molecular weight is 386 g/mol. The van der Waals surface area contributed by atoms with Gasteiger partial charge in [0.2, 0.25) is 4.77 Å². The lowest BCUT2D eigenvalue weighted by Crippen LogP contribution is -2.22. The van der Waals surface area contributed by atoms with Gasteiger partial charge in [-0.2, -0.15) is 4.68 Å². The number of hydrogen-bond acceptors (Lipinski definition) is 6. The van der Waals surface area contributed by atoms with E-state index in [2.05, 4.69) is 26.4 Å². The van der Waals surface area contributed by atoms with Crippen molar-refractivity contribution in [3.05, 3.63) is 64.1 Å². The van der Waals surface area contributed by atoms with Gasteiger partial charge in [-0.15, -0.1) is 11.3 Å². The minimum absolute atomic E-state index is 0.341. The molecule has 0 aliphatic carbocycles. The molecule has 4 rings (SSSR count). The highest BCUT2D eigenvalue weighted by Crippen LogP contribution is 2.22. The van der Waals surface area contributed by atoms with E-state index in [1.807, 2.05) is 25.2 Å². The predicted molar refractivity (Wildman–Crippen MR) is 101 cm³/mol. The molecule has 0 amide bonds. The van der Waals surface area contributed by atoms with Crippen LogP contribution in [-0.4, -0.2) is 36.7 Å². The van der Waals surface area contributed by atoms with Gasteiger partial charge in [-0.1, -0.05) is 18.2 Å². The van der Waals surface area contributed by atoms with Crippen molar-refractivity contribution in [1.82, 2.24) is 29.7 Å². The minimum Gasteiger partial charge on any atom is -0.281 e. The van der Waals surface area contributed by atoms with Gasteiger partial charge < -0.3 is 0 Å². The van der Waals surface area contributed by atoms with Gasteiger partial charge in [0.1, 0.15) is 10.8 Å². The van der Waals surface area contributed by atoms with Crippen molar-refractivity contribution < 1.29 is 4.39 Å². The first-order chi connectivity index (χ1) is 12.6. The molecule has 0 unspecified atom stereocenters. The van der Waals surface area contributed by atoms with Crippen LogP contribution in [0, 0.1) is 10.6 Å². The quantitative estimate of drug-likeness (QED) is 0.490. The molecular formula is C17H15FN6S2. The summed E-state index contributed by atoms with van der Waals surface area (Å²) in [4.78, 5) is 6.69. The molecule has 0 radical (unpaired) electrons. The van der Waals surface area contributed by atoms with Gasteiger partial charge in [-0.05, 0) is 60.0 Å². The molecule has 2 aromatic carbocycles. The van der Waals surface area contributed by atoms with Crippen LogP contribution in [0.2, 0.25) is 0 Å². The smallest absolute Gasteiger partial charge is 0.221 e. The van der Waals surface area contributed by atoms with Gasteiger partial charge >= 0.3 is 0 Å². The van der Waals surface area contributed by atoms with Crippen molar-refractivity contribution in [2.75, 3.05) is 7.05 Å². The topological polar surface area (TPSA) is 51.8 Å². The molecule has 0 bridgehead atoms. The van der Waals surface area contributed by atoms with Crippen LogP contribution in [0.15, 0.2) is 48.5 Å². The molecule has 2 heterocycles. The zero-order chi connectivity index (χ0) is 18.1. The van der Waals surface area contributed by atoms with E-state index in [1.165, 1.54) is 21.5 Å². The number of benzene rings is 2. The molecule has 0 aliphatic rings. The van der Waals surface area contributed by atoms with Crippen LogP contribution in [0.4, 0.5) is 4.39 Å². The number of halogens is 1. The molecule has 0 fully saturated rings. The first-order valence-corrected chi connectivity index (χ1v) is 9.14. The zero-order valence-corrected chi connectivity index (χ0v) is 15.5. The second-order valence-electron chi connectivity index (χ2n) is 5.88. The van der Waals surface area contributed by atoms with Gasteiger partial charge in [-0.3, -0.25) is 4.90 Å². The Balaban J connectivity index is 1.51. The van der Waals surface area contributed by atoms with Crippen molar-refractivity contribution in [3.8, 4) is 5.69 Å². The van der Waals surface area contributed by atoms with E-state index in [9.17, 15) is 4.39 Å². The number of aromatic nitrogens is 5. The SMILES string of the molecule is CN(Cc1nc2ccccc2s1)Cn1nnn(-c2cccc(F)c2)c1=S. The first kappa shape index (κ1) is 17.0. The van der Waals surface area contributed by atoms with Gasteiger partial charge in [0, 0.05) is 0 Å². The van der Waals surface area contributed by atoms with Crippen LogP contribution in [0.5, 0.6) is 0 Å². The molecule has 26 heavy (non-hydrogen) atoms. The highest BCUT2D eigenvalue weighted by molar-refractivity contribution is 7.71. The summed E-state index contributed by atoms with van der Waals surface area (Å²) >= 11 is 7.10. The lowest BCUT2D eigenvalue weighted by Gasteiger charge is -2.13. The summed E-state index contributed by atoms with van der Waals surface area (Å²) in [5, 5.41) is 9.16. The summed E-state index contributed by atoms with van der Waals surface area (Å²) < 4.78 is 18.0. The number of tetrazole rings is 1. The van der Waals surface area contributed by atoms with E-state index < -0.39 is 0 Å². The zero-order valence-electron chi connectivity index (χ0n) is 13.9. The molecule has 0 saturated carbocycles. The van der Waals surface area contributed by atoms with Crippen LogP contribution in [0.25, 0.3) is 15.9 Å². The third kappa shape index (κ3) is 3.41. The molecular weight excluding hydrogens is 371 g/mol. The van der Waals surface area contributed by atoms with Crippen LogP contribution in [0.1, 0.15) is 5.01 Å². The fourth-order valence-corrected chi connectivity index (χ4v) is 3.91. The number of hydrogen-bond donors (Lipinski definition) is 0. The van der Waals surface area contributed by atoms with Crippen molar-refractivity contribution in [2.24, 2.45) is 0 Å². The standard InChI is InChI=1S/C17H15FN6S2/c1-22(10-16-19-14-7-2-3-8-15(14)26-16)11-23-17(25)24(21-20-23)13-6-4-5-12(18)9-13/h2-9H,10-11H2,1H3. The van der Waals surface area contributed by atoms with Crippen LogP contribution in [-0.2, 0) is 13.2 Å². The Hall–Kier alpha value is -2.49. The highest BCUT2D eigenvalue weighted by Gasteiger charge is 2.11. The molecule has 9 heteroatoms. The molecule has 6 nitrogen and oxygen atoms in total. The third-order valence-corrected chi connectivity index (χ3v) is 5.22. The van der Waals surface area contributed by atoms with Crippen molar-refractivity contribution in [3.63, 3.8) is 0 Å². The molecule has 0 spiro atoms. The van der Waals surface area contributed by atoms with E-state index in [0.29, 0.717) is 23.7 Å². The third-order valence-electron chi connectivity index (χ3n) is 3.81. The van der Waals surface area contributed by atoms with Gasteiger partial charge in [0.25, 0.3) is 0 Å². The number of fused-ring (bicyclic) bond motifs is 1. The Kier molecular flexibility index (Phi) is 4.58. The van der Waals surface area contributed by atoms with E-state index in [-0.39, 0.29) is 5.82 Å². The van der Waals surface area contributed by atoms with E-state index in [4.69, 9.17) is 12.2 Å². The van der Waals surface area contributed by atoms with Crippen LogP contribution in [0.3, 0.4) is 0 Å². The van der Waals surface area contributed by atoms with E-state index in [0.717, 1.165) is 10.5 Å². The summed E-state index contributed by atoms with van der Waals surface area (Å²) in [6, 6.07) is 14.2. The number of nitrogens with zero attached hydrogens (tertiary/aromatic N) is 6. The van der Waals surface area contributed by atoms with Gasteiger partial charge in [-0.25, -0.2) is 14.1 Å². The maximum Gasteiger partial charge on any atom is 0.221 e. The maximum absolute atomic E-state index is 13.4. The number of para-hydroxylation sites is 1. The summed E-state index contributed by atoms with van der Waals surface area (Å²) in [6.07, 6.45) is 0. The van der Waals surface area contributed by atoms with E-state index >= 15 is 0 Å². The Morgan fingerprint density at radius 3 is 2.81 bits per heavy atom. The Morgan fingerprint density at radius 1 is 1.15 bits per heavy atom. The molecule has 4 aromatic rings. The summed E-state index contributed by atoms with van der Waals surface area (Å²) in [5.41, 5.74) is 1.56. The summed E-state index contributed by atoms with van der Waals surface area (Å²) in [7, 11) is 1.97. The number of rotatable bonds is 5. The van der Waals surface area contributed by atoms with Crippen LogP contribution >= 0.6 is 23.6 Å². The number of thiazole rings is 1. The lowest BCUT2D eigenvalue weighted by molar-refractivity contribution is 0.242. The fraction of sp³-hybridized carbons (Fsp3) is 0.176. The van der Waals surface area contributed by atoms with Gasteiger partial charge in [0.05, 0.1) is 29.1 Å².